The lowest BCUT2D eigenvalue weighted by atomic mass is 10.1. The number of nitrogens with one attached hydrogen (secondary N) is 1. The van der Waals surface area contributed by atoms with Gasteiger partial charge in [0.1, 0.15) is 11.6 Å². The number of aryl methyl sites for hydroxylation is 1. The van der Waals surface area contributed by atoms with Crippen LogP contribution in [0.3, 0.4) is 0 Å². The molecule has 1 aromatic carbocycles. The van der Waals surface area contributed by atoms with Crippen molar-refractivity contribution >= 4 is 5.95 Å². The summed E-state index contributed by atoms with van der Waals surface area (Å²) in [5, 5.41) is 2.70. The SMILES string of the molecule is CCOc1nc(NC)nc(-c2c(F)ccc(C)c2F)n1. The number of hydrogen-bond acceptors (Lipinski definition) is 5. The van der Waals surface area contributed by atoms with Crippen LogP contribution in [0.15, 0.2) is 12.1 Å². The number of rotatable bonds is 4. The highest BCUT2D eigenvalue weighted by molar-refractivity contribution is 5.59. The maximum Gasteiger partial charge on any atom is 0.321 e. The number of nitrogens with zero attached hydrogens (tertiary/aromatic N) is 3. The summed E-state index contributed by atoms with van der Waals surface area (Å²) in [6, 6.07) is 2.55. The van der Waals surface area contributed by atoms with Gasteiger partial charge >= 0.3 is 6.01 Å². The maximum atomic E-state index is 14.1. The van der Waals surface area contributed by atoms with Gasteiger partial charge in [0.15, 0.2) is 5.82 Å². The molecular formula is C13H14F2N4O. The molecule has 0 saturated heterocycles. The summed E-state index contributed by atoms with van der Waals surface area (Å²) in [5.41, 5.74) is 0.0237. The van der Waals surface area contributed by atoms with Crippen LogP contribution in [0.1, 0.15) is 12.5 Å². The number of halogens is 2. The van der Waals surface area contributed by atoms with Crippen LogP contribution >= 0.6 is 0 Å². The molecule has 106 valence electrons. The summed E-state index contributed by atoms with van der Waals surface area (Å²) in [4.78, 5) is 11.9. The molecule has 20 heavy (non-hydrogen) atoms. The second-order valence-corrected chi connectivity index (χ2v) is 4.00. The molecule has 7 heteroatoms. The fourth-order valence-corrected chi connectivity index (χ4v) is 1.64. The molecule has 1 N–H and O–H groups in total. The van der Waals surface area contributed by atoms with Crippen molar-refractivity contribution in [1.29, 1.82) is 0 Å². The fourth-order valence-electron chi connectivity index (χ4n) is 1.64. The van der Waals surface area contributed by atoms with Crippen molar-refractivity contribution in [2.24, 2.45) is 0 Å². The van der Waals surface area contributed by atoms with E-state index in [-0.39, 0.29) is 23.3 Å². The molecule has 0 bridgehead atoms. The van der Waals surface area contributed by atoms with Crippen LogP contribution in [-0.2, 0) is 0 Å². The lowest BCUT2D eigenvalue weighted by Crippen LogP contribution is -2.07. The Morgan fingerprint density at radius 2 is 1.95 bits per heavy atom. The van der Waals surface area contributed by atoms with Crippen molar-refractivity contribution in [3.05, 3.63) is 29.3 Å². The highest BCUT2D eigenvalue weighted by Crippen LogP contribution is 2.26. The van der Waals surface area contributed by atoms with E-state index in [4.69, 9.17) is 4.74 Å². The van der Waals surface area contributed by atoms with E-state index in [0.717, 1.165) is 0 Å². The van der Waals surface area contributed by atoms with Crippen LogP contribution < -0.4 is 10.1 Å². The molecule has 0 atom stereocenters. The Balaban J connectivity index is 2.63. The molecule has 0 spiro atoms. The van der Waals surface area contributed by atoms with Crippen LogP contribution in [-0.4, -0.2) is 28.6 Å². The highest BCUT2D eigenvalue weighted by Gasteiger charge is 2.18. The molecule has 2 aromatic rings. The van der Waals surface area contributed by atoms with E-state index in [9.17, 15) is 8.78 Å². The Bertz CT molecular complexity index is 634. The standard InChI is InChI=1S/C13H14F2N4O/c1-4-20-13-18-11(17-12(16-3)19-13)9-8(14)6-5-7(2)10(9)15/h5-6H,4H2,1-3H3,(H,16,17,18,19). The van der Waals surface area contributed by atoms with E-state index in [1.165, 1.54) is 12.1 Å². The monoisotopic (exact) mass is 280 g/mol. The summed E-state index contributed by atoms with van der Waals surface area (Å²) >= 11 is 0. The van der Waals surface area contributed by atoms with E-state index in [1.807, 2.05) is 0 Å². The van der Waals surface area contributed by atoms with Crippen LogP contribution in [0.4, 0.5) is 14.7 Å². The number of ether oxygens (including phenoxy) is 1. The first kappa shape index (κ1) is 14.1. The van der Waals surface area contributed by atoms with Gasteiger partial charge < -0.3 is 10.1 Å². The Morgan fingerprint density at radius 1 is 1.20 bits per heavy atom. The van der Waals surface area contributed by atoms with Crippen LogP contribution in [0, 0.1) is 18.6 Å². The van der Waals surface area contributed by atoms with Gasteiger partial charge in [0, 0.05) is 7.05 Å². The minimum Gasteiger partial charge on any atom is -0.464 e. The van der Waals surface area contributed by atoms with Gasteiger partial charge in [-0.15, -0.1) is 0 Å². The molecule has 0 saturated carbocycles. The zero-order chi connectivity index (χ0) is 14.7. The van der Waals surface area contributed by atoms with Gasteiger partial charge in [0.05, 0.1) is 12.2 Å². The van der Waals surface area contributed by atoms with Gasteiger partial charge in [0.25, 0.3) is 0 Å². The summed E-state index contributed by atoms with van der Waals surface area (Å²) < 4.78 is 33.1. The molecule has 0 aliphatic rings. The first-order chi connectivity index (χ1) is 9.56. The summed E-state index contributed by atoms with van der Waals surface area (Å²) in [6.45, 7) is 3.64. The van der Waals surface area contributed by atoms with E-state index in [0.29, 0.717) is 12.2 Å². The Labute approximate surface area is 115 Å². The lowest BCUT2D eigenvalue weighted by molar-refractivity contribution is 0.312. The first-order valence-electron chi connectivity index (χ1n) is 6.08. The van der Waals surface area contributed by atoms with Gasteiger partial charge in [-0.25, -0.2) is 8.78 Å². The van der Waals surface area contributed by atoms with Crippen molar-refractivity contribution in [3.63, 3.8) is 0 Å². The largest absolute Gasteiger partial charge is 0.464 e. The van der Waals surface area contributed by atoms with Crippen molar-refractivity contribution in [3.8, 4) is 17.4 Å². The minimum atomic E-state index is -0.733. The number of benzene rings is 1. The molecule has 1 heterocycles. The first-order valence-corrected chi connectivity index (χ1v) is 6.08. The van der Waals surface area contributed by atoms with Crippen molar-refractivity contribution in [2.45, 2.75) is 13.8 Å². The average molecular weight is 280 g/mol. The Morgan fingerprint density at radius 3 is 2.60 bits per heavy atom. The van der Waals surface area contributed by atoms with Crippen LogP contribution in [0.25, 0.3) is 11.4 Å². The number of hydrogen-bond donors (Lipinski definition) is 1. The Kier molecular flexibility index (Phi) is 4.07. The van der Waals surface area contributed by atoms with Gasteiger partial charge in [-0.05, 0) is 25.5 Å². The molecule has 1 aromatic heterocycles. The Hall–Kier alpha value is -2.31. The van der Waals surface area contributed by atoms with Crippen molar-refractivity contribution < 1.29 is 13.5 Å². The average Bonchev–Trinajstić information content (AvgIpc) is 2.43. The molecule has 0 amide bonds. The van der Waals surface area contributed by atoms with Gasteiger partial charge in [-0.1, -0.05) is 6.07 Å². The molecule has 5 nitrogen and oxygen atoms in total. The number of anilines is 1. The van der Waals surface area contributed by atoms with Gasteiger partial charge in [-0.2, -0.15) is 15.0 Å². The molecule has 2 rings (SSSR count). The smallest absolute Gasteiger partial charge is 0.321 e. The van der Waals surface area contributed by atoms with E-state index < -0.39 is 11.6 Å². The highest BCUT2D eigenvalue weighted by atomic mass is 19.1. The molecule has 0 unspecified atom stereocenters. The van der Waals surface area contributed by atoms with E-state index >= 15 is 0 Å². The minimum absolute atomic E-state index is 0.0159. The predicted molar refractivity (Wildman–Crippen MR) is 70.6 cm³/mol. The summed E-state index contributed by atoms with van der Waals surface area (Å²) in [6.07, 6.45) is 0. The molecule has 0 aliphatic heterocycles. The second kappa shape index (κ2) is 5.77. The third kappa shape index (κ3) is 2.66. The van der Waals surface area contributed by atoms with Crippen molar-refractivity contribution in [1.82, 2.24) is 15.0 Å². The number of aromatic nitrogens is 3. The molecule has 0 aliphatic carbocycles. The third-order valence-electron chi connectivity index (χ3n) is 2.62. The molecular weight excluding hydrogens is 266 g/mol. The normalized spacial score (nSPS) is 10.4. The fraction of sp³-hybridized carbons (Fsp3) is 0.308. The zero-order valence-corrected chi connectivity index (χ0v) is 11.4. The summed E-state index contributed by atoms with van der Waals surface area (Å²) in [7, 11) is 1.60. The molecule has 0 fully saturated rings. The van der Waals surface area contributed by atoms with Crippen molar-refractivity contribution in [2.75, 3.05) is 19.0 Å². The third-order valence-corrected chi connectivity index (χ3v) is 2.62. The van der Waals surface area contributed by atoms with Gasteiger partial charge in [0.2, 0.25) is 5.95 Å². The predicted octanol–water partition coefficient (Wildman–Crippen LogP) is 2.57. The van der Waals surface area contributed by atoms with Crippen LogP contribution in [0.2, 0.25) is 0 Å². The molecule has 0 radical (unpaired) electrons. The van der Waals surface area contributed by atoms with E-state index in [1.54, 1.807) is 20.9 Å². The quantitative estimate of drug-likeness (QED) is 0.932. The van der Waals surface area contributed by atoms with E-state index in [2.05, 4.69) is 20.3 Å². The zero-order valence-electron chi connectivity index (χ0n) is 11.4. The topological polar surface area (TPSA) is 59.9 Å². The summed E-state index contributed by atoms with van der Waals surface area (Å²) in [5.74, 6) is -1.35. The lowest BCUT2D eigenvalue weighted by Gasteiger charge is -2.09. The second-order valence-electron chi connectivity index (χ2n) is 4.00. The van der Waals surface area contributed by atoms with Crippen LogP contribution in [0.5, 0.6) is 6.01 Å². The maximum absolute atomic E-state index is 14.1. The van der Waals surface area contributed by atoms with Gasteiger partial charge in [-0.3, -0.25) is 0 Å².